The third-order valence-electron chi connectivity index (χ3n) is 1.99. The highest BCUT2D eigenvalue weighted by atomic mass is 16.5. The Kier molecular flexibility index (Phi) is 8.41. The first-order valence-corrected chi connectivity index (χ1v) is 5.94. The molecule has 92 valence electrons. The largest absolute Gasteiger partial charge is 0.493 e. The zero-order chi connectivity index (χ0) is 12.4. The summed E-state index contributed by atoms with van der Waals surface area (Å²) < 4.78 is 10.3. The minimum atomic E-state index is 0.794. The van der Waals surface area contributed by atoms with Crippen molar-refractivity contribution in [1.29, 1.82) is 0 Å². The minimum absolute atomic E-state index is 0.794. The van der Waals surface area contributed by atoms with Crippen LogP contribution in [0, 0.1) is 0 Å². The normalized spacial score (nSPS) is 9.06. The van der Waals surface area contributed by atoms with Crippen molar-refractivity contribution >= 4 is 0 Å². The van der Waals surface area contributed by atoms with E-state index in [0.29, 0.717) is 0 Å². The van der Waals surface area contributed by atoms with Crippen molar-refractivity contribution in [2.24, 2.45) is 0 Å². The molecule has 1 aromatic rings. The third-order valence-corrected chi connectivity index (χ3v) is 1.99. The van der Waals surface area contributed by atoms with Crippen LogP contribution in [0.4, 0.5) is 0 Å². The Labute approximate surface area is 99.6 Å². The van der Waals surface area contributed by atoms with Crippen LogP contribution in [0.3, 0.4) is 0 Å². The van der Waals surface area contributed by atoms with Gasteiger partial charge >= 0.3 is 0 Å². The van der Waals surface area contributed by atoms with E-state index in [2.05, 4.69) is 26.8 Å². The molecule has 0 amide bonds. The first-order valence-electron chi connectivity index (χ1n) is 5.94. The number of aryl methyl sites for hydroxylation is 1. The molecule has 0 bridgehead atoms. The molecule has 0 unspecified atom stereocenters. The molecule has 0 saturated carbocycles. The predicted octanol–water partition coefficient (Wildman–Crippen LogP) is 4.07. The van der Waals surface area contributed by atoms with Gasteiger partial charge in [-0.2, -0.15) is 0 Å². The molecule has 2 heteroatoms. The maximum Gasteiger partial charge on any atom is 0.160 e. The monoisotopic (exact) mass is 224 g/mol. The van der Waals surface area contributed by atoms with Crippen LogP contribution >= 0.6 is 0 Å². The smallest absolute Gasteiger partial charge is 0.160 e. The molecular weight excluding hydrogens is 200 g/mol. The second kappa shape index (κ2) is 9.08. The van der Waals surface area contributed by atoms with Gasteiger partial charge in [0.05, 0.1) is 14.2 Å². The Morgan fingerprint density at radius 2 is 1.50 bits per heavy atom. The molecule has 0 heterocycles. The predicted molar refractivity (Wildman–Crippen MR) is 69.5 cm³/mol. The lowest BCUT2D eigenvalue weighted by molar-refractivity contribution is 0.354. The molecule has 0 radical (unpaired) electrons. The van der Waals surface area contributed by atoms with Crippen LogP contribution in [0.15, 0.2) is 18.2 Å². The number of ether oxygens (including phenoxy) is 2. The fourth-order valence-corrected chi connectivity index (χ4v) is 1.32. The van der Waals surface area contributed by atoms with Gasteiger partial charge in [0, 0.05) is 0 Å². The number of hydrogen-bond donors (Lipinski definition) is 0. The second-order valence-electron chi connectivity index (χ2n) is 3.65. The highest BCUT2D eigenvalue weighted by molar-refractivity contribution is 5.42. The van der Waals surface area contributed by atoms with Crippen molar-refractivity contribution in [2.75, 3.05) is 14.2 Å². The first-order chi connectivity index (χ1) is 7.73. The van der Waals surface area contributed by atoms with Crippen molar-refractivity contribution in [2.45, 2.75) is 40.0 Å². The van der Waals surface area contributed by atoms with E-state index in [0.717, 1.165) is 24.3 Å². The van der Waals surface area contributed by atoms with Crippen LogP contribution in [-0.2, 0) is 6.42 Å². The Hall–Kier alpha value is -1.18. The summed E-state index contributed by atoms with van der Waals surface area (Å²) in [5.41, 5.74) is 1.29. The fraction of sp³-hybridized carbons (Fsp3) is 0.571. The highest BCUT2D eigenvalue weighted by Crippen LogP contribution is 2.27. The van der Waals surface area contributed by atoms with Gasteiger partial charge in [0.2, 0.25) is 0 Å². The van der Waals surface area contributed by atoms with Crippen molar-refractivity contribution in [3.05, 3.63) is 23.8 Å². The van der Waals surface area contributed by atoms with Crippen molar-refractivity contribution in [3.8, 4) is 11.5 Å². The lowest BCUT2D eigenvalue weighted by Gasteiger charge is -2.08. The molecular formula is C14H24O2. The molecule has 0 spiro atoms. The average Bonchev–Trinajstić information content (AvgIpc) is 2.30. The summed E-state index contributed by atoms with van der Waals surface area (Å²) >= 11 is 0. The Morgan fingerprint density at radius 3 is 1.94 bits per heavy atom. The molecule has 1 rings (SSSR count). The summed E-state index contributed by atoms with van der Waals surface area (Å²) in [6.45, 7) is 6.41. The van der Waals surface area contributed by atoms with Gasteiger partial charge in [-0.1, -0.05) is 39.7 Å². The van der Waals surface area contributed by atoms with E-state index in [1.54, 1.807) is 14.2 Å². The molecule has 16 heavy (non-hydrogen) atoms. The van der Waals surface area contributed by atoms with Gasteiger partial charge in [0.1, 0.15) is 0 Å². The molecule has 0 aromatic heterocycles. The third kappa shape index (κ3) is 5.06. The number of methoxy groups -OCH3 is 2. The zero-order valence-corrected chi connectivity index (χ0v) is 11.2. The molecule has 0 fully saturated rings. The van der Waals surface area contributed by atoms with Crippen molar-refractivity contribution in [3.63, 3.8) is 0 Å². The van der Waals surface area contributed by atoms with E-state index < -0.39 is 0 Å². The van der Waals surface area contributed by atoms with Crippen LogP contribution in [-0.4, -0.2) is 14.2 Å². The van der Waals surface area contributed by atoms with Crippen LogP contribution in [0.25, 0.3) is 0 Å². The summed E-state index contributed by atoms with van der Waals surface area (Å²) in [4.78, 5) is 0. The van der Waals surface area contributed by atoms with E-state index >= 15 is 0 Å². The lowest BCUT2D eigenvalue weighted by atomic mass is 10.1. The maximum absolute atomic E-state index is 5.20. The summed E-state index contributed by atoms with van der Waals surface area (Å²) in [6.07, 6.45) is 3.48. The zero-order valence-electron chi connectivity index (χ0n) is 11.2. The quantitative estimate of drug-likeness (QED) is 0.767. The lowest BCUT2D eigenvalue weighted by Crippen LogP contribution is -1.92. The van der Waals surface area contributed by atoms with E-state index in [1.165, 1.54) is 12.0 Å². The Balaban J connectivity index is 0.000000673. The average molecular weight is 224 g/mol. The van der Waals surface area contributed by atoms with E-state index in [4.69, 9.17) is 9.47 Å². The van der Waals surface area contributed by atoms with Crippen LogP contribution in [0.5, 0.6) is 11.5 Å². The Morgan fingerprint density at radius 1 is 0.938 bits per heavy atom. The van der Waals surface area contributed by atoms with Gasteiger partial charge in [0.25, 0.3) is 0 Å². The molecule has 0 aliphatic rings. The fourth-order valence-electron chi connectivity index (χ4n) is 1.32. The summed E-state index contributed by atoms with van der Waals surface area (Å²) in [5, 5.41) is 0. The number of rotatable bonds is 4. The first kappa shape index (κ1) is 14.8. The molecule has 1 aromatic carbocycles. The van der Waals surface area contributed by atoms with Crippen LogP contribution in [0.2, 0.25) is 0 Å². The second-order valence-corrected chi connectivity index (χ2v) is 3.65. The van der Waals surface area contributed by atoms with Gasteiger partial charge in [-0.3, -0.25) is 0 Å². The Bertz CT molecular complexity index is 282. The SMILES string of the molecule is CCC.CCCc1ccc(OC)c(OC)c1. The summed E-state index contributed by atoms with van der Waals surface area (Å²) in [5.74, 6) is 1.61. The van der Waals surface area contributed by atoms with E-state index in [9.17, 15) is 0 Å². The summed E-state index contributed by atoms with van der Waals surface area (Å²) in [6, 6.07) is 6.05. The van der Waals surface area contributed by atoms with E-state index in [-0.39, 0.29) is 0 Å². The van der Waals surface area contributed by atoms with Gasteiger partial charge in [0.15, 0.2) is 11.5 Å². The van der Waals surface area contributed by atoms with Gasteiger partial charge in [-0.25, -0.2) is 0 Å². The molecule has 2 nitrogen and oxygen atoms in total. The minimum Gasteiger partial charge on any atom is -0.493 e. The molecule has 0 aliphatic heterocycles. The number of benzene rings is 1. The van der Waals surface area contributed by atoms with Gasteiger partial charge in [-0.15, -0.1) is 0 Å². The highest BCUT2D eigenvalue weighted by Gasteiger charge is 2.03. The van der Waals surface area contributed by atoms with E-state index in [1.807, 2.05) is 12.1 Å². The molecule has 0 saturated heterocycles. The maximum atomic E-state index is 5.20. The number of hydrogen-bond acceptors (Lipinski definition) is 2. The summed E-state index contributed by atoms with van der Waals surface area (Å²) in [7, 11) is 3.31. The van der Waals surface area contributed by atoms with Crippen molar-refractivity contribution in [1.82, 2.24) is 0 Å². The van der Waals surface area contributed by atoms with Gasteiger partial charge in [-0.05, 0) is 24.1 Å². The topological polar surface area (TPSA) is 18.5 Å². The van der Waals surface area contributed by atoms with Crippen LogP contribution in [0.1, 0.15) is 39.2 Å². The molecule has 0 atom stereocenters. The standard InChI is InChI=1S/C11H16O2.C3H8/c1-4-5-9-6-7-10(12-2)11(8-9)13-3;1-3-2/h6-8H,4-5H2,1-3H3;3H2,1-2H3. The molecule has 0 aliphatic carbocycles. The van der Waals surface area contributed by atoms with Gasteiger partial charge < -0.3 is 9.47 Å². The molecule has 0 N–H and O–H groups in total. The van der Waals surface area contributed by atoms with Crippen molar-refractivity contribution < 1.29 is 9.47 Å². The van der Waals surface area contributed by atoms with Crippen LogP contribution < -0.4 is 9.47 Å².